The maximum atomic E-state index is 11.9. The van der Waals surface area contributed by atoms with Gasteiger partial charge in [0, 0.05) is 13.0 Å². The van der Waals surface area contributed by atoms with Crippen LogP contribution < -0.4 is 5.32 Å². The van der Waals surface area contributed by atoms with Gasteiger partial charge < -0.3 is 5.32 Å². The quantitative estimate of drug-likeness (QED) is 0.580. The minimum absolute atomic E-state index is 0.178. The van der Waals surface area contributed by atoms with Gasteiger partial charge in [0.05, 0.1) is 0 Å². The number of carbonyl (C=O) groups is 1. The molecule has 0 saturated carbocycles. The highest BCUT2D eigenvalue weighted by Crippen LogP contribution is 1.91. The number of β-lactam (4-membered cyclic amide) rings is 1. The first-order chi connectivity index (χ1) is 5.79. The molecule has 0 atom stereocenters. The molecule has 0 unspecified atom stereocenters. The molecule has 1 N–H and O–H groups in total. The van der Waals surface area contributed by atoms with Crippen LogP contribution in [0, 0.1) is 5.82 Å². The molecule has 0 radical (unpaired) electrons. The van der Waals surface area contributed by atoms with Crippen molar-refractivity contribution in [1.29, 1.82) is 0 Å². The molecule has 1 amide bonds. The number of carbonyl (C=O) groups excluding carboxylic acids is 1. The van der Waals surface area contributed by atoms with E-state index in [2.05, 4.69) is 5.32 Å². The Morgan fingerprint density at radius 3 is 1.92 bits per heavy atom. The smallest absolute Gasteiger partial charge is 0.221 e. The van der Waals surface area contributed by atoms with Gasteiger partial charge in [0.25, 0.3) is 0 Å². The Balaban J connectivity index is 0.000000127. The monoisotopic (exact) mass is 167 g/mol. The summed E-state index contributed by atoms with van der Waals surface area (Å²) in [6, 6.07) is 7.94. The Morgan fingerprint density at radius 2 is 1.75 bits per heavy atom. The average Bonchev–Trinajstić information content (AvgIpc) is 2.04. The summed E-state index contributed by atoms with van der Waals surface area (Å²) in [4.78, 5) is 9.79. The Hall–Kier alpha value is -1.38. The van der Waals surface area contributed by atoms with Crippen molar-refractivity contribution < 1.29 is 9.18 Å². The van der Waals surface area contributed by atoms with Gasteiger partial charge in [0.15, 0.2) is 0 Å². The number of amides is 1. The summed E-state index contributed by atoms with van der Waals surface area (Å²) < 4.78 is 11.9. The van der Waals surface area contributed by atoms with E-state index >= 15 is 0 Å². The fourth-order valence-electron chi connectivity index (χ4n) is 0.642. The molecule has 12 heavy (non-hydrogen) atoms. The predicted octanol–water partition coefficient (Wildman–Crippen LogP) is 1.33. The lowest BCUT2D eigenvalue weighted by Gasteiger charge is -2.10. The zero-order valence-electron chi connectivity index (χ0n) is 6.59. The van der Waals surface area contributed by atoms with Crippen molar-refractivity contribution >= 4 is 5.91 Å². The molecule has 1 aliphatic heterocycles. The maximum absolute atomic E-state index is 11.9. The molecule has 0 aromatic heterocycles. The lowest BCUT2D eigenvalue weighted by atomic mass is 10.3. The van der Waals surface area contributed by atoms with Gasteiger partial charge in [-0.1, -0.05) is 18.2 Å². The van der Waals surface area contributed by atoms with Crippen molar-refractivity contribution in [2.24, 2.45) is 0 Å². The maximum Gasteiger partial charge on any atom is 0.221 e. The predicted molar refractivity (Wildman–Crippen MR) is 44.0 cm³/mol. The molecule has 1 fully saturated rings. The van der Waals surface area contributed by atoms with Crippen LogP contribution in [-0.4, -0.2) is 12.5 Å². The van der Waals surface area contributed by atoms with Gasteiger partial charge in [0.1, 0.15) is 5.82 Å². The Labute approximate surface area is 70.4 Å². The number of hydrogen-bond acceptors (Lipinski definition) is 1. The van der Waals surface area contributed by atoms with E-state index in [1.807, 2.05) is 0 Å². The molecule has 2 nitrogen and oxygen atoms in total. The van der Waals surface area contributed by atoms with E-state index in [4.69, 9.17) is 0 Å². The summed E-state index contributed by atoms with van der Waals surface area (Å²) in [7, 11) is 0. The molecule has 1 heterocycles. The fourth-order valence-corrected chi connectivity index (χ4v) is 0.642. The standard InChI is InChI=1S/C6H5F.C3H5NO/c7-6-4-2-1-3-5-6;5-3-1-2-4-3/h1-5H;1-2H2,(H,4,5). The van der Waals surface area contributed by atoms with Crippen molar-refractivity contribution in [2.75, 3.05) is 6.54 Å². The van der Waals surface area contributed by atoms with E-state index in [1.165, 1.54) is 12.1 Å². The molecule has 1 aromatic rings. The SMILES string of the molecule is Fc1ccccc1.O=C1CCN1. The van der Waals surface area contributed by atoms with Crippen LogP contribution in [0.2, 0.25) is 0 Å². The van der Waals surface area contributed by atoms with E-state index in [0.717, 1.165) is 13.0 Å². The van der Waals surface area contributed by atoms with Gasteiger partial charge in [-0.15, -0.1) is 0 Å². The average molecular weight is 167 g/mol. The first-order valence-corrected chi connectivity index (χ1v) is 3.76. The molecular formula is C9H10FNO. The van der Waals surface area contributed by atoms with Crippen LogP contribution in [0.25, 0.3) is 0 Å². The van der Waals surface area contributed by atoms with Crippen molar-refractivity contribution in [3.63, 3.8) is 0 Å². The summed E-state index contributed by atoms with van der Waals surface area (Å²) in [5.41, 5.74) is 0. The third-order valence-electron chi connectivity index (χ3n) is 1.41. The molecule has 1 saturated heterocycles. The summed E-state index contributed by atoms with van der Waals surface area (Å²) in [6.45, 7) is 0.888. The Kier molecular flexibility index (Phi) is 3.26. The molecule has 1 aliphatic rings. The van der Waals surface area contributed by atoms with Gasteiger partial charge >= 0.3 is 0 Å². The van der Waals surface area contributed by atoms with Gasteiger partial charge in [-0.25, -0.2) is 4.39 Å². The van der Waals surface area contributed by atoms with Crippen LogP contribution >= 0.6 is 0 Å². The Bertz CT molecular complexity index is 242. The van der Waals surface area contributed by atoms with E-state index in [9.17, 15) is 9.18 Å². The highest BCUT2D eigenvalue weighted by molar-refractivity contribution is 5.81. The summed E-state index contributed by atoms with van der Waals surface area (Å²) in [6.07, 6.45) is 0.736. The third kappa shape index (κ3) is 3.14. The number of rotatable bonds is 0. The summed E-state index contributed by atoms with van der Waals surface area (Å²) in [5, 5.41) is 2.57. The first-order valence-electron chi connectivity index (χ1n) is 3.76. The number of nitrogens with one attached hydrogen (secondary N) is 1. The second-order valence-electron chi connectivity index (χ2n) is 2.40. The van der Waals surface area contributed by atoms with Crippen LogP contribution in [0.15, 0.2) is 30.3 Å². The van der Waals surface area contributed by atoms with Gasteiger partial charge in [0.2, 0.25) is 5.91 Å². The van der Waals surface area contributed by atoms with Gasteiger partial charge in [-0.05, 0) is 12.1 Å². The van der Waals surface area contributed by atoms with E-state index in [0.29, 0.717) is 0 Å². The molecule has 64 valence electrons. The molecule has 0 spiro atoms. The van der Waals surface area contributed by atoms with Crippen molar-refractivity contribution in [1.82, 2.24) is 5.32 Å². The van der Waals surface area contributed by atoms with Crippen LogP contribution in [0.4, 0.5) is 4.39 Å². The van der Waals surface area contributed by atoms with Gasteiger partial charge in [-0.2, -0.15) is 0 Å². The second kappa shape index (κ2) is 4.49. The van der Waals surface area contributed by atoms with Crippen LogP contribution in [0.1, 0.15) is 6.42 Å². The summed E-state index contributed by atoms with van der Waals surface area (Å²) >= 11 is 0. The van der Waals surface area contributed by atoms with Crippen LogP contribution in [-0.2, 0) is 4.79 Å². The lowest BCUT2D eigenvalue weighted by molar-refractivity contribution is -0.125. The fraction of sp³-hybridized carbons (Fsp3) is 0.222. The number of halogens is 1. The zero-order valence-corrected chi connectivity index (χ0v) is 6.59. The molecule has 3 heteroatoms. The van der Waals surface area contributed by atoms with Crippen LogP contribution in [0.3, 0.4) is 0 Å². The molecule has 0 bridgehead atoms. The minimum Gasteiger partial charge on any atom is -0.356 e. The topological polar surface area (TPSA) is 29.1 Å². The highest BCUT2D eigenvalue weighted by atomic mass is 19.1. The largest absolute Gasteiger partial charge is 0.356 e. The molecule has 0 aliphatic carbocycles. The molecule has 1 aromatic carbocycles. The van der Waals surface area contributed by atoms with Crippen molar-refractivity contribution in [3.05, 3.63) is 36.1 Å². The summed E-state index contributed by atoms with van der Waals surface area (Å²) in [5.74, 6) is 0.00694. The van der Waals surface area contributed by atoms with E-state index in [1.54, 1.807) is 18.2 Å². The third-order valence-corrected chi connectivity index (χ3v) is 1.41. The number of hydrogen-bond donors (Lipinski definition) is 1. The first kappa shape index (κ1) is 8.71. The van der Waals surface area contributed by atoms with Crippen molar-refractivity contribution in [2.45, 2.75) is 6.42 Å². The Morgan fingerprint density at radius 1 is 1.25 bits per heavy atom. The van der Waals surface area contributed by atoms with E-state index < -0.39 is 0 Å². The molecular weight excluding hydrogens is 157 g/mol. The minimum atomic E-state index is -0.178. The zero-order chi connectivity index (χ0) is 8.81. The highest BCUT2D eigenvalue weighted by Gasteiger charge is 2.07. The molecule has 2 rings (SSSR count). The van der Waals surface area contributed by atoms with E-state index in [-0.39, 0.29) is 11.7 Å². The van der Waals surface area contributed by atoms with Gasteiger partial charge in [-0.3, -0.25) is 4.79 Å². The van der Waals surface area contributed by atoms with Crippen molar-refractivity contribution in [3.8, 4) is 0 Å². The lowest BCUT2D eigenvalue weighted by Crippen LogP contribution is -2.37. The van der Waals surface area contributed by atoms with Crippen LogP contribution in [0.5, 0.6) is 0 Å². The normalized spacial score (nSPS) is 13.6. The number of benzene rings is 1. The second-order valence-corrected chi connectivity index (χ2v) is 2.40.